The molecule has 6 nitrogen and oxygen atoms in total. The van der Waals surface area contributed by atoms with Gasteiger partial charge in [-0.3, -0.25) is 9.80 Å². The molecule has 3 N–H and O–H groups in total. The van der Waals surface area contributed by atoms with Gasteiger partial charge in [0.05, 0.1) is 0 Å². The van der Waals surface area contributed by atoms with E-state index in [-0.39, 0.29) is 18.3 Å². The first-order valence-electron chi connectivity index (χ1n) is 8.27. The molecule has 136 valence electrons. The minimum absolute atomic E-state index is 0.0320. The highest BCUT2D eigenvalue weighted by molar-refractivity contribution is 7.80. The molecular weight excluding hydrogens is 350 g/mol. The van der Waals surface area contributed by atoms with Gasteiger partial charge in [-0.05, 0) is 22.3 Å². The molecule has 0 unspecified atom stereocenters. The van der Waals surface area contributed by atoms with Crippen molar-refractivity contribution in [2.75, 3.05) is 19.4 Å². The minimum atomic E-state index is -0.830. The van der Waals surface area contributed by atoms with Gasteiger partial charge in [0.2, 0.25) is 0 Å². The maximum Gasteiger partial charge on any atom is 0.407 e. The average molecular weight is 371 g/mol. The SMILES string of the molecule is CN(N)C(=O)[C@H](CS)NC(=O)OCC1c2ccccc2-c2ccccc21. The van der Waals surface area contributed by atoms with Crippen LogP contribution in [-0.2, 0) is 9.53 Å². The van der Waals surface area contributed by atoms with Crippen molar-refractivity contribution < 1.29 is 14.3 Å². The zero-order valence-corrected chi connectivity index (χ0v) is 15.3. The second-order valence-electron chi connectivity index (χ2n) is 6.15. The number of ether oxygens (including phenoxy) is 1. The number of benzene rings is 2. The monoisotopic (exact) mass is 371 g/mol. The number of hydrazine groups is 1. The number of thiol groups is 1. The second kappa shape index (κ2) is 7.80. The third-order valence-corrected chi connectivity index (χ3v) is 4.83. The first-order valence-corrected chi connectivity index (χ1v) is 8.90. The maximum absolute atomic E-state index is 12.1. The lowest BCUT2D eigenvalue weighted by atomic mass is 9.98. The van der Waals surface area contributed by atoms with E-state index >= 15 is 0 Å². The van der Waals surface area contributed by atoms with Crippen molar-refractivity contribution >= 4 is 24.6 Å². The maximum atomic E-state index is 12.1. The Balaban J connectivity index is 1.70. The fraction of sp³-hybridized carbons (Fsp3) is 0.263. The van der Waals surface area contributed by atoms with Crippen LogP contribution in [0.2, 0.25) is 0 Å². The first kappa shape index (κ1) is 18.3. The number of alkyl carbamates (subject to hydrolysis) is 1. The van der Waals surface area contributed by atoms with Crippen LogP contribution in [0.1, 0.15) is 17.0 Å². The van der Waals surface area contributed by atoms with Crippen molar-refractivity contribution in [2.45, 2.75) is 12.0 Å². The number of nitrogens with two attached hydrogens (primary N) is 1. The summed E-state index contributed by atoms with van der Waals surface area (Å²) in [6.45, 7) is 0.186. The molecule has 3 rings (SSSR count). The van der Waals surface area contributed by atoms with E-state index in [1.165, 1.54) is 7.05 Å². The van der Waals surface area contributed by atoms with E-state index in [2.05, 4.69) is 30.1 Å². The summed E-state index contributed by atoms with van der Waals surface area (Å²) in [6.07, 6.45) is -0.666. The van der Waals surface area contributed by atoms with Crippen LogP contribution in [0.4, 0.5) is 4.79 Å². The summed E-state index contributed by atoms with van der Waals surface area (Å²) in [5.74, 6) is 5.09. The number of carbonyl (C=O) groups is 2. The first-order chi connectivity index (χ1) is 12.5. The number of nitrogens with zero attached hydrogens (tertiary/aromatic N) is 1. The molecule has 0 heterocycles. The van der Waals surface area contributed by atoms with E-state index in [0.29, 0.717) is 0 Å². The van der Waals surface area contributed by atoms with E-state index in [0.717, 1.165) is 27.3 Å². The van der Waals surface area contributed by atoms with Crippen LogP contribution in [0.15, 0.2) is 48.5 Å². The number of fused-ring (bicyclic) bond motifs is 3. The van der Waals surface area contributed by atoms with Crippen LogP contribution in [-0.4, -0.2) is 42.5 Å². The number of hydrogen-bond donors (Lipinski definition) is 3. The van der Waals surface area contributed by atoms with Gasteiger partial charge in [0.25, 0.3) is 5.91 Å². The topological polar surface area (TPSA) is 84.7 Å². The van der Waals surface area contributed by atoms with E-state index in [9.17, 15) is 9.59 Å². The Morgan fingerprint density at radius 1 is 1.15 bits per heavy atom. The highest BCUT2D eigenvalue weighted by Crippen LogP contribution is 2.44. The van der Waals surface area contributed by atoms with Crippen LogP contribution >= 0.6 is 12.6 Å². The predicted octanol–water partition coefficient (Wildman–Crippen LogP) is 2.16. The molecular formula is C19H21N3O3S. The number of nitrogens with one attached hydrogen (secondary N) is 1. The number of hydrogen-bond acceptors (Lipinski definition) is 5. The molecule has 0 bridgehead atoms. The van der Waals surface area contributed by atoms with Crippen molar-refractivity contribution in [3.8, 4) is 11.1 Å². The molecule has 2 amide bonds. The molecule has 0 aromatic heterocycles. The van der Waals surface area contributed by atoms with Gasteiger partial charge in [0, 0.05) is 18.7 Å². The van der Waals surface area contributed by atoms with Gasteiger partial charge in [0.15, 0.2) is 0 Å². The largest absolute Gasteiger partial charge is 0.449 e. The summed E-state index contributed by atoms with van der Waals surface area (Å²) < 4.78 is 5.41. The van der Waals surface area contributed by atoms with Gasteiger partial charge in [-0.25, -0.2) is 10.6 Å². The van der Waals surface area contributed by atoms with E-state index in [1.54, 1.807) is 0 Å². The molecule has 7 heteroatoms. The highest BCUT2D eigenvalue weighted by Gasteiger charge is 2.29. The highest BCUT2D eigenvalue weighted by atomic mass is 32.1. The molecule has 0 fully saturated rings. The Kier molecular flexibility index (Phi) is 5.49. The van der Waals surface area contributed by atoms with Crippen molar-refractivity contribution in [2.24, 2.45) is 5.84 Å². The molecule has 0 spiro atoms. The van der Waals surface area contributed by atoms with E-state index < -0.39 is 18.0 Å². The summed E-state index contributed by atoms with van der Waals surface area (Å²) in [5, 5.41) is 3.43. The van der Waals surface area contributed by atoms with Crippen LogP contribution < -0.4 is 11.2 Å². The van der Waals surface area contributed by atoms with Crippen LogP contribution in [0.5, 0.6) is 0 Å². The van der Waals surface area contributed by atoms with Gasteiger partial charge in [-0.15, -0.1) is 0 Å². The lowest BCUT2D eigenvalue weighted by Gasteiger charge is -2.20. The van der Waals surface area contributed by atoms with Gasteiger partial charge < -0.3 is 10.1 Å². The molecule has 0 radical (unpaired) electrons. The quantitative estimate of drug-likeness (QED) is 0.325. The van der Waals surface area contributed by atoms with Crippen LogP contribution in [0, 0.1) is 0 Å². The molecule has 26 heavy (non-hydrogen) atoms. The van der Waals surface area contributed by atoms with Gasteiger partial charge in [-0.2, -0.15) is 12.6 Å². The van der Waals surface area contributed by atoms with E-state index in [1.807, 2.05) is 36.4 Å². The average Bonchev–Trinajstić information content (AvgIpc) is 2.98. The number of amides is 2. The third kappa shape index (κ3) is 3.54. The summed E-state index contributed by atoms with van der Waals surface area (Å²) in [4.78, 5) is 24.0. The van der Waals surface area contributed by atoms with Gasteiger partial charge >= 0.3 is 6.09 Å². The second-order valence-corrected chi connectivity index (χ2v) is 6.52. The number of carbonyl (C=O) groups excluding carboxylic acids is 2. The number of rotatable bonds is 5. The Hall–Kier alpha value is -2.51. The van der Waals surface area contributed by atoms with Crippen molar-refractivity contribution in [3.05, 3.63) is 59.7 Å². The third-order valence-electron chi connectivity index (χ3n) is 4.46. The molecule has 2 aromatic rings. The smallest absolute Gasteiger partial charge is 0.407 e. The minimum Gasteiger partial charge on any atom is -0.449 e. The van der Waals surface area contributed by atoms with Crippen molar-refractivity contribution in [1.29, 1.82) is 0 Å². The summed E-state index contributed by atoms with van der Waals surface area (Å²) in [6, 6.07) is 15.4. The standard InChI is InChI=1S/C19H21N3O3S/c1-22(20)18(23)17(11-26)21-19(24)25-10-16-14-8-4-2-6-12(14)13-7-3-5-9-15(13)16/h2-9,16-17,26H,10-11,20H2,1H3,(H,21,24)/t17-/m0/s1. The zero-order chi connectivity index (χ0) is 18.7. The molecule has 1 aliphatic rings. The molecule has 1 atom stereocenters. The fourth-order valence-electron chi connectivity index (χ4n) is 3.21. The molecule has 0 aliphatic heterocycles. The predicted molar refractivity (Wildman–Crippen MR) is 103 cm³/mol. The van der Waals surface area contributed by atoms with E-state index in [4.69, 9.17) is 10.6 Å². The molecule has 0 saturated heterocycles. The Labute approximate surface area is 157 Å². The summed E-state index contributed by atoms with van der Waals surface area (Å²) in [5.41, 5.74) is 4.57. The molecule has 0 saturated carbocycles. The Morgan fingerprint density at radius 3 is 2.19 bits per heavy atom. The number of likely N-dealkylation sites (N-methyl/N-ethyl adjacent to an activating group) is 1. The van der Waals surface area contributed by atoms with Crippen LogP contribution in [0.3, 0.4) is 0 Å². The van der Waals surface area contributed by atoms with Crippen molar-refractivity contribution in [3.63, 3.8) is 0 Å². The Morgan fingerprint density at radius 2 is 1.69 bits per heavy atom. The lowest BCUT2D eigenvalue weighted by Crippen LogP contribution is -2.50. The summed E-state index contributed by atoms with van der Waals surface area (Å²) >= 11 is 4.08. The van der Waals surface area contributed by atoms with Crippen molar-refractivity contribution in [1.82, 2.24) is 10.3 Å². The normalized spacial score (nSPS) is 13.5. The van der Waals surface area contributed by atoms with Gasteiger partial charge in [0.1, 0.15) is 12.6 Å². The zero-order valence-electron chi connectivity index (χ0n) is 14.4. The Bertz CT molecular complexity index is 780. The van der Waals surface area contributed by atoms with Crippen LogP contribution in [0.25, 0.3) is 11.1 Å². The lowest BCUT2D eigenvalue weighted by molar-refractivity contribution is -0.131. The van der Waals surface area contributed by atoms with Gasteiger partial charge in [-0.1, -0.05) is 48.5 Å². The molecule has 1 aliphatic carbocycles. The molecule has 2 aromatic carbocycles. The fourth-order valence-corrected chi connectivity index (χ4v) is 3.46. The summed E-state index contributed by atoms with van der Waals surface area (Å²) in [7, 11) is 1.41.